The molecule has 1 heterocycles. The van der Waals surface area contributed by atoms with Gasteiger partial charge < -0.3 is 29.0 Å². The number of benzene rings is 3. The minimum atomic E-state index is -0.688. The first kappa shape index (κ1) is 33.0. The number of amides is 1. The molecule has 1 aliphatic rings. The summed E-state index contributed by atoms with van der Waals surface area (Å²) in [7, 11) is 3.07. The Balaban J connectivity index is 1.61. The second-order valence-electron chi connectivity index (χ2n) is 10.2. The summed E-state index contributed by atoms with van der Waals surface area (Å²) in [5.41, 5.74) is 2.72. The Morgan fingerprint density at radius 3 is 2.42 bits per heavy atom. The highest BCUT2D eigenvalue weighted by Crippen LogP contribution is 2.36. The largest absolute Gasteiger partial charge is 0.497 e. The number of para-hydroxylation sites is 1. The van der Waals surface area contributed by atoms with Gasteiger partial charge in [-0.1, -0.05) is 24.3 Å². The minimum absolute atomic E-state index is 0.158. The average Bonchev–Trinajstić information content (AvgIpc) is 3.06. The molecule has 3 aromatic carbocycles. The van der Waals surface area contributed by atoms with Gasteiger partial charge >= 0.3 is 6.09 Å². The number of allylic oxidation sites excluding steroid dienone is 1. The molecule has 1 amide bonds. The first-order valence-corrected chi connectivity index (χ1v) is 14.7. The van der Waals surface area contributed by atoms with E-state index in [0.29, 0.717) is 41.0 Å². The fourth-order valence-corrected chi connectivity index (χ4v) is 4.74. The quantitative estimate of drug-likeness (QED) is 0.205. The first-order valence-electron chi connectivity index (χ1n) is 14.7. The minimum Gasteiger partial charge on any atom is -0.497 e. The number of anilines is 2. The summed E-state index contributed by atoms with van der Waals surface area (Å²) in [5, 5.41) is 3.18. The Hall–Kier alpha value is -4.87. The first-order chi connectivity index (χ1) is 21.9. The van der Waals surface area contributed by atoms with E-state index in [1.807, 2.05) is 56.3 Å². The molecule has 11 heteroatoms. The van der Waals surface area contributed by atoms with E-state index >= 15 is 0 Å². The molecule has 4 rings (SSSR count). The van der Waals surface area contributed by atoms with Gasteiger partial charge in [0.1, 0.15) is 35.4 Å². The van der Waals surface area contributed by atoms with Crippen molar-refractivity contribution in [2.45, 2.75) is 20.8 Å². The zero-order chi connectivity index (χ0) is 32.2. The fourth-order valence-electron chi connectivity index (χ4n) is 4.74. The van der Waals surface area contributed by atoms with E-state index in [-0.39, 0.29) is 11.8 Å². The van der Waals surface area contributed by atoms with Crippen molar-refractivity contribution in [2.75, 3.05) is 63.9 Å². The molecule has 1 fully saturated rings. The number of rotatable bonds is 11. The van der Waals surface area contributed by atoms with Crippen molar-refractivity contribution in [3.05, 3.63) is 83.7 Å². The number of carbonyl (C=O) groups is 1. The van der Waals surface area contributed by atoms with Crippen molar-refractivity contribution in [1.82, 2.24) is 4.90 Å². The van der Waals surface area contributed by atoms with Gasteiger partial charge in [0.05, 0.1) is 33.1 Å². The number of carbonyl (C=O) groups excluding carboxylic acids is 1. The van der Waals surface area contributed by atoms with Gasteiger partial charge in [-0.05, 0) is 69.0 Å². The molecule has 1 saturated heterocycles. The molecule has 0 spiro atoms. The van der Waals surface area contributed by atoms with Crippen molar-refractivity contribution in [3.8, 4) is 23.0 Å². The lowest BCUT2D eigenvalue weighted by Gasteiger charge is -2.26. The Bertz CT molecular complexity index is 1510. The smallest absolute Gasteiger partial charge is 0.425 e. The van der Waals surface area contributed by atoms with Crippen molar-refractivity contribution in [3.63, 3.8) is 0 Å². The predicted molar refractivity (Wildman–Crippen MR) is 178 cm³/mol. The maximum Gasteiger partial charge on any atom is 0.425 e. The molecule has 1 aliphatic heterocycles. The van der Waals surface area contributed by atoms with Crippen molar-refractivity contribution < 1.29 is 28.5 Å². The summed E-state index contributed by atoms with van der Waals surface area (Å²) in [6, 6.07) is 18.3. The number of nitrogens with one attached hydrogen (secondary N) is 1. The predicted octanol–water partition coefficient (Wildman–Crippen LogP) is 6.07. The summed E-state index contributed by atoms with van der Waals surface area (Å²) in [6.45, 7) is 13.9. The van der Waals surface area contributed by atoms with Gasteiger partial charge in [0, 0.05) is 37.5 Å². The van der Waals surface area contributed by atoms with E-state index in [4.69, 9.17) is 23.7 Å². The van der Waals surface area contributed by atoms with Gasteiger partial charge in [0.15, 0.2) is 0 Å². The lowest BCUT2D eigenvalue weighted by atomic mass is 10.1. The van der Waals surface area contributed by atoms with Gasteiger partial charge in [0.25, 0.3) is 0 Å². The molecule has 3 aromatic rings. The molecular weight excluding hydrogens is 574 g/mol. The van der Waals surface area contributed by atoms with E-state index in [9.17, 15) is 4.79 Å². The molecule has 45 heavy (non-hydrogen) atoms. The Kier molecular flexibility index (Phi) is 11.9. The lowest BCUT2D eigenvalue weighted by Crippen LogP contribution is -2.38. The van der Waals surface area contributed by atoms with Crippen LogP contribution in [0.5, 0.6) is 23.0 Å². The highest BCUT2D eigenvalue weighted by Gasteiger charge is 2.27. The van der Waals surface area contributed by atoms with E-state index in [1.54, 1.807) is 38.3 Å². The number of methoxy groups -OCH3 is 2. The normalized spacial score (nSPS) is 14.0. The number of hydrogen-bond donors (Lipinski definition) is 1. The maximum atomic E-state index is 13.9. The van der Waals surface area contributed by atoms with Crippen LogP contribution in [0.2, 0.25) is 0 Å². The standard InChI is InChI=1S/C34H41N5O6/c1-7-31(37-33(35-4)36-26-12-9-13-28(22-26)44-21-18-38-16-19-43-20-17-38)39(29-15-14-27(41-5)23-30(29)42-6)34(40)45-32-24(2)10-8-11-25(32)3/h7-15,22-23H,4,16-21H2,1-3,5-6H3,(H,36,37)/b31-7+. The van der Waals surface area contributed by atoms with Gasteiger partial charge in [0.2, 0.25) is 5.96 Å². The van der Waals surface area contributed by atoms with Crippen LogP contribution in [-0.4, -0.2) is 77.3 Å². The number of hydrogen-bond acceptors (Lipinski definition) is 8. The summed E-state index contributed by atoms with van der Waals surface area (Å²) >= 11 is 0. The molecule has 0 aromatic heterocycles. The van der Waals surface area contributed by atoms with Crippen molar-refractivity contribution >= 4 is 30.1 Å². The monoisotopic (exact) mass is 615 g/mol. The molecule has 0 atom stereocenters. The van der Waals surface area contributed by atoms with Gasteiger partial charge in [-0.2, -0.15) is 4.99 Å². The molecule has 0 bridgehead atoms. The van der Waals surface area contributed by atoms with Crippen LogP contribution in [0.15, 0.2) is 82.5 Å². The number of aliphatic imine (C=N–C) groups is 2. The number of morpholine rings is 1. The number of aryl methyl sites for hydroxylation is 2. The molecule has 0 radical (unpaired) electrons. The highest BCUT2D eigenvalue weighted by molar-refractivity contribution is 6.00. The maximum absolute atomic E-state index is 13.9. The van der Waals surface area contributed by atoms with Crippen molar-refractivity contribution in [1.29, 1.82) is 0 Å². The van der Waals surface area contributed by atoms with Crippen LogP contribution < -0.4 is 29.2 Å². The molecule has 11 nitrogen and oxygen atoms in total. The number of nitrogens with zero attached hydrogens (tertiary/aromatic N) is 4. The lowest BCUT2D eigenvalue weighted by molar-refractivity contribution is 0.0322. The zero-order valence-corrected chi connectivity index (χ0v) is 26.5. The van der Waals surface area contributed by atoms with Crippen LogP contribution in [0.4, 0.5) is 16.2 Å². The van der Waals surface area contributed by atoms with E-state index in [1.165, 1.54) is 12.0 Å². The van der Waals surface area contributed by atoms with Crippen LogP contribution >= 0.6 is 0 Å². The third kappa shape index (κ3) is 8.84. The van der Waals surface area contributed by atoms with Gasteiger partial charge in [-0.3, -0.25) is 4.90 Å². The highest BCUT2D eigenvalue weighted by atomic mass is 16.6. The SMILES string of the molecule is C=N/C(=N\C(=C/C)N(C(=O)Oc1c(C)cccc1C)c1ccc(OC)cc1OC)Nc1cccc(OCCN2CCOCC2)c1. The van der Waals surface area contributed by atoms with E-state index in [2.05, 4.69) is 26.9 Å². The summed E-state index contributed by atoms with van der Waals surface area (Å²) in [6.07, 6.45) is 0.986. The Morgan fingerprint density at radius 2 is 1.76 bits per heavy atom. The second-order valence-corrected chi connectivity index (χ2v) is 10.2. The van der Waals surface area contributed by atoms with Crippen LogP contribution in [-0.2, 0) is 4.74 Å². The Labute approximate surface area is 264 Å². The fraction of sp³-hybridized carbons (Fsp3) is 0.324. The number of ether oxygens (including phenoxy) is 5. The topological polar surface area (TPSA) is 106 Å². The third-order valence-electron chi connectivity index (χ3n) is 7.14. The molecule has 1 N–H and O–H groups in total. The Morgan fingerprint density at radius 1 is 1.02 bits per heavy atom. The van der Waals surface area contributed by atoms with Crippen LogP contribution in [0.1, 0.15) is 18.1 Å². The molecular formula is C34H41N5O6. The van der Waals surface area contributed by atoms with E-state index < -0.39 is 6.09 Å². The summed E-state index contributed by atoms with van der Waals surface area (Å²) < 4.78 is 28.4. The van der Waals surface area contributed by atoms with E-state index in [0.717, 1.165) is 44.0 Å². The third-order valence-corrected chi connectivity index (χ3v) is 7.14. The van der Waals surface area contributed by atoms with Crippen LogP contribution in [0, 0.1) is 13.8 Å². The molecule has 238 valence electrons. The summed E-state index contributed by atoms with van der Waals surface area (Å²) in [5.74, 6) is 2.49. The van der Waals surface area contributed by atoms with Gasteiger partial charge in [-0.15, -0.1) is 0 Å². The van der Waals surface area contributed by atoms with Gasteiger partial charge in [-0.25, -0.2) is 14.7 Å². The molecule has 0 unspecified atom stereocenters. The second kappa shape index (κ2) is 16.3. The number of guanidine groups is 1. The zero-order valence-electron chi connectivity index (χ0n) is 26.5. The van der Waals surface area contributed by atoms with Crippen molar-refractivity contribution in [2.24, 2.45) is 9.98 Å². The average molecular weight is 616 g/mol. The van der Waals surface area contributed by atoms with Crippen LogP contribution in [0.25, 0.3) is 0 Å². The van der Waals surface area contributed by atoms with Crippen LogP contribution in [0.3, 0.4) is 0 Å². The molecule has 0 aliphatic carbocycles. The summed E-state index contributed by atoms with van der Waals surface area (Å²) in [4.78, 5) is 26.4. The molecule has 0 saturated carbocycles.